The molecule has 2 atom stereocenters. The first kappa shape index (κ1) is 34.0. The SMILES string of the molecule is CC(CCCCN1C[C@@H](c2ccc3c(c2)COC(C)(C)O3)OC1=O)OCCOCc1cccc(NC(=O)Nc2cccc(I)c2)c1. The fourth-order valence-corrected chi connectivity index (χ4v) is 5.88. The minimum Gasteiger partial charge on any atom is -0.463 e. The Balaban J connectivity index is 0.932. The molecule has 2 aliphatic rings. The lowest BCUT2D eigenvalue weighted by molar-refractivity contribution is -0.180. The molecule has 1 fully saturated rings. The van der Waals surface area contributed by atoms with E-state index >= 15 is 0 Å². The molecule has 0 bridgehead atoms. The topological polar surface area (TPSA) is 108 Å². The van der Waals surface area contributed by atoms with Gasteiger partial charge < -0.3 is 39.2 Å². The quantitative estimate of drug-likeness (QED) is 0.128. The second-order valence-corrected chi connectivity index (χ2v) is 13.2. The number of nitrogens with one attached hydrogen (secondary N) is 2. The Morgan fingerprint density at radius 3 is 2.63 bits per heavy atom. The average Bonchev–Trinajstić information content (AvgIpc) is 3.38. The number of halogens is 1. The first-order valence-corrected chi connectivity index (χ1v) is 16.7. The van der Waals surface area contributed by atoms with Gasteiger partial charge in [-0.05, 0) is 102 Å². The standard InChI is InChI=1S/C35H42IN3O7/c1-24(43-17-16-42-22-25-9-6-11-29(18-25)37-33(40)38-30-12-7-10-28(36)20-30)8-4-5-15-39-21-32(45-34(39)41)26-13-14-31-27(19-26)23-44-35(2,3)46-31/h6-7,9-14,18-20,24,32H,4-5,8,15-17,21-23H2,1-3H3,(H2,37,38,40)/t24?,32-/m0/s1. The summed E-state index contributed by atoms with van der Waals surface area (Å²) in [5.74, 6) is 0.168. The van der Waals surface area contributed by atoms with Crippen molar-refractivity contribution in [2.45, 2.75) is 71.2 Å². The van der Waals surface area contributed by atoms with E-state index in [4.69, 9.17) is 23.7 Å². The number of hydrogen-bond acceptors (Lipinski definition) is 7. The van der Waals surface area contributed by atoms with Crippen LogP contribution in [0, 0.1) is 3.57 Å². The minimum atomic E-state index is -0.641. The number of carbonyl (C=O) groups excluding carboxylic acids is 2. The first-order valence-electron chi connectivity index (χ1n) is 15.7. The molecule has 0 saturated carbocycles. The number of cyclic esters (lactones) is 1. The van der Waals surface area contributed by atoms with Gasteiger partial charge in [-0.2, -0.15) is 0 Å². The molecule has 2 aliphatic heterocycles. The molecule has 0 spiro atoms. The van der Waals surface area contributed by atoms with Crippen LogP contribution in [0.25, 0.3) is 0 Å². The lowest BCUT2D eigenvalue weighted by Crippen LogP contribution is -2.35. The van der Waals surface area contributed by atoms with Crippen LogP contribution in [0.1, 0.15) is 62.8 Å². The van der Waals surface area contributed by atoms with Gasteiger partial charge in [-0.25, -0.2) is 9.59 Å². The lowest BCUT2D eigenvalue weighted by atomic mass is 10.0. The zero-order chi connectivity index (χ0) is 32.5. The van der Waals surface area contributed by atoms with Crippen LogP contribution in [0.3, 0.4) is 0 Å². The molecule has 2 heterocycles. The number of anilines is 2. The van der Waals surface area contributed by atoms with Gasteiger partial charge in [-0.1, -0.05) is 24.3 Å². The van der Waals surface area contributed by atoms with E-state index < -0.39 is 5.79 Å². The molecule has 1 unspecified atom stereocenters. The van der Waals surface area contributed by atoms with Gasteiger partial charge in [0.15, 0.2) is 0 Å². The van der Waals surface area contributed by atoms with E-state index in [1.54, 1.807) is 4.90 Å². The zero-order valence-corrected chi connectivity index (χ0v) is 28.7. The molecule has 1 saturated heterocycles. The highest BCUT2D eigenvalue weighted by atomic mass is 127. The summed E-state index contributed by atoms with van der Waals surface area (Å²) in [5.41, 5.74) is 4.31. The Hall–Kier alpha value is -3.39. The van der Waals surface area contributed by atoms with Crippen LogP contribution in [0.5, 0.6) is 5.75 Å². The monoisotopic (exact) mass is 743 g/mol. The van der Waals surface area contributed by atoms with Gasteiger partial charge >= 0.3 is 12.1 Å². The molecule has 5 rings (SSSR count). The van der Waals surface area contributed by atoms with Gasteiger partial charge in [0.1, 0.15) is 11.9 Å². The summed E-state index contributed by atoms with van der Waals surface area (Å²) in [6.07, 6.45) is 2.23. The third-order valence-electron chi connectivity index (χ3n) is 7.73. The number of fused-ring (bicyclic) bond motifs is 1. The van der Waals surface area contributed by atoms with Crippen LogP contribution < -0.4 is 15.4 Å². The van der Waals surface area contributed by atoms with E-state index in [1.807, 2.05) is 80.6 Å². The maximum absolute atomic E-state index is 12.5. The van der Waals surface area contributed by atoms with Crippen LogP contribution in [-0.4, -0.2) is 55.2 Å². The van der Waals surface area contributed by atoms with Crippen molar-refractivity contribution in [1.82, 2.24) is 4.90 Å². The molecular weight excluding hydrogens is 701 g/mol. The molecule has 3 aromatic rings. The second-order valence-electron chi connectivity index (χ2n) is 12.0. The smallest absolute Gasteiger partial charge is 0.410 e. The predicted octanol–water partition coefficient (Wildman–Crippen LogP) is 7.87. The number of ether oxygens (including phenoxy) is 5. The molecule has 3 amide bonds. The summed E-state index contributed by atoms with van der Waals surface area (Å²) in [4.78, 5) is 26.6. The van der Waals surface area contributed by atoms with Crippen molar-refractivity contribution in [2.75, 3.05) is 36.9 Å². The molecule has 2 N–H and O–H groups in total. The van der Waals surface area contributed by atoms with Crippen LogP contribution in [0.15, 0.2) is 66.7 Å². The molecule has 3 aromatic carbocycles. The maximum atomic E-state index is 12.5. The highest BCUT2D eigenvalue weighted by molar-refractivity contribution is 14.1. The lowest BCUT2D eigenvalue weighted by Gasteiger charge is -2.32. The largest absolute Gasteiger partial charge is 0.463 e. The van der Waals surface area contributed by atoms with Gasteiger partial charge in [-0.3, -0.25) is 0 Å². The van der Waals surface area contributed by atoms with Gasteiger partial charge in [0.2, 0.25) is 5.79 Å². The molecule has 46 heavy (non-hydrogen) atoms. The first-order chi connectivity index (χ1) is 22.1. The van der Waals surface area contributed by atoms with Crippen molar-refractivity contribution in [3.05, 3.63) is 87.0 Å². The maximum Gasteiger partial charge on any atom is 0.410 e. The third kappa shape index (κ3) is 10.1. The molecule has 0 radical (unpaired) electrons. The van der Waals surface area contributed by atoms with Crippen LogP contribution in [0.2, 0.25) is 0 Å². The summed E-state index contributed by atoms with van der Waals surface area (Å²) in [5, 5.41) is 5.70. The number of rotatable bonds is 14. The minimum absolute atomic E-state index is 0.0886. The Morgan fingerprint density at radius 1 is 1.04 bits per heavy atom. The highest BCUT2D eigenvalue weighted by Gasteiger charge is 2.33. The number of amides is 3. The number of urea groups is 1. The van der Waals surface area contributed by atoms with Crippen molar-refractivity contribution in [3.8, 4) is 5.75 Å². The normalized spacial score (nSPS) is 17.5. The fourth-order valence-electron chi connectivity index (χ4n) is 5.34. The van der Waals surface area contributed by atoms with Crippen molar-refractivity contribution in [2.24, 2.45) is 0 Å². The van der Waals surface area contributed by atoms with E-state index in [1.165, 1.54) is 0 Å². The second kappa shape index (κ2) is 15.9. The number of benzene rings is 3. The summed E-state index contributed by atoms with van der Waals surface area (Å²) >= 11 is 2.21. The highest BCUT2D eigenvalue weighted by Crippen LogP contribution is 2.35. The summed E-state index contributed by atoms with van der Waals surface area (Å²) in [7, 11) is 0. The van der Waals surface area contributed by atoms with Crippen molar-refractivity contribution < 1.29 is 33.3 Å². The van der Waals surface area contributed by atoms with Crippen LogP contribution in [-0.2, 0) is 32.2 Å². The molecular formula is C35H42IN3O7. The Morgan fingerprint density at radius 2 is 1.83 bits per heavy atom. The Labute approximate surface area is 284 Å². The van der Waals surface area contributed by atoms with E-state index in [2.05, 4.69) is 40.1 Å². The third-order valence-corrected chi connectivity index (χ3v) is 8.40. The predicted molar refractivity (Wildman–Crippen MR) is 184 cm³/mol. The number of carbonyl (C=O) groups is 2. The summed E-state index contributed by atoms with van der Waals surface area (Å²) in [6, 6.07) is 20.8. The van der Waals surface area contributed by atoms with E-state index in [0.717, 1.165) is 51.0 Å². The van der Waals surface area contributed by atoms with E-state index in [0.29, 0.717) is 45.2 Å². The van der Waals surface area contributed by atoms with Crippen molar-refractivity contribution >= 4 is 46.1 Å². The molecule has 0 aliphatic carbocycles. The molecule has 10 nitrogen and oxygen atoms in total. The van der Waals surface area contributed by atoms with E-state index in [9.17, 15) is 9.59 Å². The van der Waals surface area contributed by atoms with Crippen molar-refractivity contribution in [1.29, 1.82) is 0 Å². The molecule has 246 valence electrons. The summed E-state index contributed by atoms with van der Waals surface area (Å²) in [6.45, 7) is 8.87. The van der Waals surface area contributed by atoms with Gasteiger partial charge in [0, 0.05) is 40.9 Å². The molecule has 11 heteroatoms. The number of hydrogen-bond donors (Lipinski definition) is 2. The average molecular weight is 744 g/mol. The van der Waals surface area contributed by atoms with Gasteiger partial charge in [-0.15, -0.1) is 0 Å². The Kier molecular flexibility index (Phi) is 11.8. The van der Waals surface area contributed by atoms with Gasteiger partial charge in [0.25, 0.3) is 0 Å². The zero-order valence-electron chi connectivity index (χ0n) is 26.6. The Bertz CT molecular complexity index is 1500. The van der Waals surface area contributed by atoms with Crippen molar-refractivity contribution in [3.63, 3.8) is 0 Å². The number of unbranched alkanes of at least 4 members (excludes halogenated alkanes) is 1. The van der Waals surface area contributed by atoms with Crippen LogP contribution in [0.4, 0.5) is 21.0 Å². The fraction of sp³-hybridized carbons (Fsp3) is 0.429. The number of nitrogens with zero attached hydrogens (tertiary/aromatic N) is 1. The summed E-state index contributed by atoms with van der Waals surface area (Å²) < 4.78 is 30.1. The van der Waals surface area contributed by atoms with E-state index in [-0.39, 0.29) is 24.3 Å². The molecule has 0 aromatic heterocycles. The van der Waals surface area contributed by atoms with Gasteiger partial charge in [0.05, 0.1) is 39.1 Å². The van der Waals surface area contributed by atoms with Crippen LogP contribution >= 0.6 is 22.6 Å².